The second-order valence-corrected chi connectivity index (χ2v) is 4.20. The first-order valence-corrected chi connectivity index (χ1v) is 5.44. The van der Waals surface area contributed by atoms with Crippen LogP contribution in [0.25, 0.3) is 0 Å². The summed E-state index contributed by atoms with van der Waals surface area (Å²) in [5, 5.41) is 9.49. The van der Waals surface area contributed by atoms with Crippen LogP contribution >= 0.6 is 15.9 Å². The Labute approximate surface area is 99.4 Å². The Morgan fingerprint density at radius 2 is 1.94 bits per heavy atom. The number of halogens is 4. The largest absolute Gasteiger partial charge is 0.508 e. The topological polar surface area (TPSA) is 46.2 Å². The van der Waals surface area contributed by atoms with Crippen LogP contribution in [-0.2, 0) is 12.6 Å². The Morgan fingerprint density at radius 3 is 2.38 bits per heavy atom. The maximum atomic E-state index is 12.4. The minimum Gasteiger partial charge on any atom is -0.508 e. The Morgan fingerprint density at radius 1 is 1.31 bits per heavy atom. The molecule has 1 aromatic carbocycles. The van der Waals surface area contributed by atoms with Gasteiger partial charge >= 0.3 is 6.18 Å². The number of alkyl halides is 3. The lowest BCUT2D eigenvalue weighted by Gasteiger charge is -2.12. The van der Waals surface area contributed by atoms with Crippen LogP contribution in [0.2, 0.25) is 0 Å². The molecule has 1 rings (SSSR count). The molecule has 0 heterocycles. The van der Waals surface area contributed by atoms with Gasteiger partial charge in [-0.1, -0.05) is 15.9 Å². The maximum absolute atomic E-state index is 12.4. The monoisotopic (exact) mass is 297 g/mol. The summed E-state index contributed by atoms with van der Waals surface area (Å²) in [6.45, 7) is 0.424. The SMILES string of the molecule is NCCCc1c(O)cc(C(F)(F)F)cc1Br. The fourth-order valence-corrected chi connectivity index (χ4v) is 1.96. The van der Waals surface area contributed by atoms with E-state index in [0.29, 0.717) is 24.9 Å². The van der Waals surface area contributed by atoms with Gasteiger partial charge in [0.05, 0.1) is 5.56 Å². The van der Waals surface area contributed by atoms with Gasteiger partial charge in [-0.2, -0.15) is 13.2 Å². The van der Waals surface area contributed by atoms with Crippen LogP contribution in [0.3, 0.4) is 0 Å². The summed E-state index contributed by atoms with van der Waals surface area (Å²) in [5.74, 6) is -0.352. The third-order valence-electron chi connectivity index (χ3n) is 2.13. The van der Waals surface area contributed by atoms with Gasteiger partial charge < -0.3 is 10.8 Å². The van der Waals surface area contributed by atoms with Gasteiger partial charge in [0, 0.05) is 10.0 Å². The summed E-state index contributed by atoms with van der Waals surface area (Å²) in [7, 11) is 0. The number of benzene rings is 1. The average Bonchev–Trinajstić information content (AvgIpc) is 2.15. The van der Waals surface area contributed by atoms with E-state index in [2.05, 4.69) is 15.9 Å². The van der Waals surface area contributed by atoms with Crippen LogP contribution in [0.15, 0.2) is 16.6 Å². The van der Waals surface area contributed by atoms with Crippen molar-refractivity contribution in [3.05, 3.63) is 27.7 Å². The molecule has 16 heavy (non-hydrogen) atoms. The van der Waals surface area contributed by atoms with E-state index in [4.69, 9.17) is 5.73 Å². The second-order valence-electron chi connectivity index (χ2n) is 3.35. The summed E-state index contributed by atoms with van der Waals surface area (Å²) in [6, 6.07) is 1.70. The summed E-state index contributed by atoms with van der Waals surface area (Å²) in [5.41, 5.74) is 4.89. The van der Waals surface area contributed by atoms with Gasteiger partial charge in [-0.15, -0.1) is 0 Å². The maximum Gasteiger partial charge on any atom is 0.416 e. The molecule has 0 aliphatic heterocycles. The number of phenols is 1. The van der Waals surface area contributed by atoms with Crippen molar-refractivity contribution in [1.29, 1.82) is 0 Å². The van der Waals surface area contributed by atoms with Gasteiger partial charge in [-0.05, 0) is 31.5 Å². The molecule has 3 N–H and O–H groups in total. The van der Waals surface area contributed by atoms with E-state index in [1.54, 1.807) is 0 Å². The van der Waals surface area contributed by atoms with Crippen LogP contribution < -0.4 is 5.73 Å². The first-order valence-electron chi connectivity index (χ1n) is 4.65. The molecule has 0 atom stereocenters. The van der Waals surface area contributed by atoms with Gasteiger partial charge in [0.1, 0.15) is 5.75 Å². The quantitative estimate of drug-likeness (QED) is 0.901. The summed E-state index contributed by atoms with van der Waals surface area (Å²) in [4.78, 5) is 0. The minimum atomic E-state index is -4.45. The van der Waals surface area contributed by atoms with Gasteiger partial charge in [-0.25, -0.2) is 0 Å². The molecule has 0 spiro atoms. The zero-order valence-electron chi connectivity index (χ0n) is 8.31. The molecule has 1 aromatic rings. The van der Waals surface area contributed by atoms with Crippen LogP contribution in [0.1, 0.15) is 17.5 Å². The minimum absolute atomic E-state index is 0.258. The highest BCUT2D eigenvalue weighted by Gasteiger charge is 2.31. The molecule has 2 nitrogen and oxygen atoms in total. The molecular weight excluding hydrogens is 287 g/mol. The molecular formula is C10H11BrF3NO. The van der Waals surface area contributed by atoms with Crippen LogP contribution in [0.4, 0.5) is 13.2 Å². The smallest absolute Gasteiger partial charge is 0.416 e. The van der Waals surface area contributed by atoms with E-state index in [-0.39, 0.29) is 10.2 Å². The third kappa shape index (κ3) is 3.12. The van der Waals surface area contributed by atoms with E-state index in [9.17, 15) is 18.3 Å². The van der Waals surface area contributed by atoms with Crippen molar-refractivity contribution in [2.75, 3.05) is 6.54 Å². The summed E-state index contributed by atoms with van der Waals surface area (Å²) < 4.78 is 37.4. The second kappa shape index (κ2) is 5.05. The number of aromatic hydroxyl groups is 1. The molecule has 0 unspecified atom stereocenters. The van der Waals surface area contributed by atoms with Gasteiger partial charge in [0.25, 0.3) is 0 Å². The van der Waals surface area contributed by atoms with Crippen LogP contribution in [0, 0.1) is 0 Å². The predicted octanol–water partition coefficient (Wildman–Crippen LogP) is 3.06. The standard InChI is InChI=1S/C10H11BrF3NO/c11-8-4-6(10(12,13)14)5-9(16)7(8)2-1-3-15/h4-5,16H,1-3,15H2. The zero-order valence-corrected chi connectivity index (χ0v) is 9.90. The van der Waals surface area contributed by atoms with E-state index < -0.39 is 11.7 Å². The lowest BCUT2D eigenvalue weighted by molar-refractivity contribution is -0.137. The predicted molar refractivity (Wildman–Crippen MR) is 58.2 cm³/mol. The Balaban J connectivity index is 3.08. The molecule has 0 fully saturated rings. The Kier molecular flexibility index (Phi) is 4.21. The Bertz CT molecular complexity index is 356. The number of hydrogen-bond donors (Lipinski definition) is 2. The van der Waals surface area contributed by atoms with E-state index >= 15 is 0 Å². The van der Waals surface area contributed by atoms with Crippen molar-refractivity contribution in [3.63, 3.8) is 0 Å². The summed E-state index contributed by atoms with van der Waals surface area (Å²) in [6.07, 6.45) is -3.40. The number of rotatable bonds is 3. The molecule has 90 valence electrons. The van der Waals surface area contributed by atoms with Gasteiger partial charge in [-0.3, -0.25) is 0 Å². The molecule has 0 aromatic heterocycles. The molecule has 0 aliphatic rings. The fourth-order valence-electron chi connectivity index (χ4n) is 1.31. The molecule has 0 amide bonds. The number of phenolic OH excluding ortho intramolecular Hbond substituents is 1. The number of nitrogens with two attached hydrogens (primary N) is 1. The first kappa shape index (κ1) is 13.3. The summed E-state index contributed by atoms with van der Waals surface area (Å²) >= 11 is 3.02. The Hall–Kier alpha value is -0.750. The lowest BCUT2D eigenvalue weighted by Crippen LogP contribution is -2.06. The molecule has 0 saturated heterocycles. The van der Waals surface area contributed by atoms with Crippen molar-refractivity contribution in [2.24, 2.45) is 5.73 Å². The van der Waals surface area contributed by atoms with Crippen molar-refractivity contribution in [1.82, 2.24) is 0 Å². The molecule has 0 radical (unpaired) electrons. The molecule has 0 saturated carbocycles. The van der Waals surface area contributed by atoms with E-state index in [1.807, 2.05) is 0 Å². The lowest BCUT2D eigenvalue weighted by atomic mass is 10.1. The zero-order chi connectivity index (χ0) is 12.3. The molecule has 0 bridgehead atoms. The molecule has 6 heteroatoms. The van der Waals surface area contributed by atoms with E-state index in [0.717, 1.165) is 12.1 Å². The normalized spacial score (nSPS) is 11.8. The van der Waals surface area contributed by atoms with Crippen molar-refractivity contribution < 1.29 is 18.3 Å². The molecule has 0 aliphatic carbocycles. The van der Waals surface area contributed by atoms with Gasteiger partial charge in [0.2, 0.25) is 0 Å². The van der Waals surface area contributed by atoms with E-state index in [1.165, 1.54) is 0 Å². The highest BCUT2D eigenvalue weighted by molar-refractivity contribution is 9.10. The van der Waals surface area contributed by atoms with Crippen molar-refractivity contribution >= 4 is 15.9 Å². The van der Waals surface area contributed by atoms with Crippen molar-refractivity contribution in [3.8, 4) is 5.75 Å². The van der Waals surface area contributed by atoms with Crippen molar-refractivity contribution in [2.45, 2.75) is 19.0 Å². The highest BCUT2D eigenvalue weighted by Crippen LogP contribution is 2.36. The fraction of sp³-hybridized carbons (Fsp3) is 0.400. The number of hydrogen-bond acceptors (Lipinski definition) is 2. The van der Waals surface area contributed by atoms with Crippen LogP contribution in [-0.4, -0.2) is 11.7 Å². The van der Waals surface area contributed by atoms with Crippen LogP contribution in [0.5, 0.6) is 5.75 Å². The highest BCUT2D eigenvalue weighted by atomic mass is 79.9. The average molecular weight is 298 g/mol. The van der Waals surface area contributed by atoms with Gasteiger partial charge in [0.15, 0.2) is 0 Å². The third-order valence-corrected chi connectivity index (χ3v) is 2.84. The first-order chi connectivity index (χ1) is 7.36.